The molecule has 1 atom stereocenters. The second-order valence-electron chi connectivity index (χ2n) is 4.65. The standard InChI is InChI=1S/C12H12FN3O3S/c13-12-9(5-14)2-1-3-10(12)16-6-8(4-11(16)17)7-20(15,18)19/h1-3,8H,4,6-7H2,(H2,15,18,19). The largest absolute Gasteiger partial charge is 0.309 e. The van der Waals surface area contributed by atoms with Crippen molar-refractivity contribution in [3.63, 3.8) is 0 Å². The maximum atomic E-state index is 14.0. The van der Waals surface area contributed by atoms with Gasteiger partial charge in [-0.15, -0.1) is 0 Å². The van der Waals surface area contributed by atoms with Crippen molar-refractivity contribution in [2.75, 3.05) is 17.2 Å². The Morgan fingerprint density at radius 1 is 1.50 bits per heavy atom. The molecule has 106 valence electrons. The summed E-state index contributed by atoms with van der Waals surface area (Å²) in [6.07, 6.45) is -0.00729. The highest BCUT2D eigenvalue weighted by atomic mass is 32.2. The monoisotopic (exact) mass is 297 g/mol. The van der Waals surface area contributed by atoms with Crippen LogP contribution in [0.2, 0.25) is 0 Å². The summed E-state index contributed by atoms with van der Waals surface area (Å²) in [6.45, 7) is 0.0705. The van der Waals surface area contributed by atoms with Crippen LogP contribution in [0.15, 0.2) is 18.2 Å². The van der Waals surface area contributed by atoms with Gasteiger partial charge in [-0.1, -0.05) is 6.07 Å². The van der Waals surface area contributed by atoms with Crippen molar-refractivity contribution in [3.8, 4) is 6.07 Å². The van der Waals surface area contributed by atoms with Crippen molar-refractivity contribution in [1.29, 1.82) is 5.26 Å². The van der Waals surface area contributed by atoms with Crippen LogP contribution >= 0.6 is 0 Å². The Morgan fingerprint density at radius 3 is 2.80 bits per heavy atom. The van der Waals surface area contributed by atoms with E-state index in [0.29, 0.717) is 0 Å². The molecule has 2 N–H and O–H groups in total. The highest BCUT2D eigenvalue weighted by Crippen LogP contribution is 2.29. The fourth-order valence-corrected chi connectivity index (χ4v) is 3.15. The van der Waals surface area contributed by atoms with E-state index in [4.69, 9.17) is 10.4 Å². The molecule has 0 saturated carbocycles. The lowest BCUT2D eigenvalue weighted by Gasteiger charge is -2.17. The lowest BCUT2D eigenvalue weighted by Crippen LogP contribution is -2.28. The van der Waals surface area contributed by atoms with Gasteiger partial charge in [-0.2, -0.15) is 5.26 Å². The molecule has 20 heavy (non-hydrogen) atoms. The Bertz CT molecular complexity index is 696. The van der Waals surface area contributed by atoms with Crippen LogP contribution in [0.4, 0.5) is 10.1 Å². The summed E-state index contributed by atoms with van der Waals surface area (Å²) in [5.74, 6) is -1.95. The predicted octanol–water partition coefficient (Wildman–Crippen LogP) is 0.339. The van der Waals surface area contributed by atoms with Gasteiger partial charge in [0.15, 0.2) is 5.82 Å². The van der Waals surface area contributed by atoms with Crippen LogP contribution in [0.1, 0.15) is 12.0 Å². The molecule has 0 aliphatic carbocycles. The number of nitrogens with two attached hydrogens (primary N) is 1. The number of carbonyl (C=O) groups excluding carboxylic acids is 1. The van der Waals surface area contributed by atoms with Gasteiger partial charge in [0.25, 0.3) is 0 Å². The quantitative estimate of drug-likeness (QED) is 0.868. The molecule has 6 nitrogen and oxygen atoms in total. The normalized spacial score (nSPS) is 19.1. The minimum atomic E-state index is -3.68. The van der Waals surface area contributed by atoms with Crippen molar-refractivity contribution >= 4 is 21.6 Å². The summed E-state index contributed by atoms with van der Waals surface area (Å²) in [6, 6.07) is 5.85. The van der Waals surface area contributed by atoms with Gasteiger partial charge in [-0.25, -0.2) is 17.9 Å². The highest BCUT2D eigenvalue weighted by molar-refractivity contribution is 7.89. The molecule has 0 aromatic heterocycles. The minimum absolute atomic E-state index is 0.00729. The summed E-state index contributed by atoms with van der Waals surface area (Å²) in [4.78, 5) is 13.0. The average molecular weight is 297 g/mol. The molecule has 1 aliphatic heterocycles. The average Bonchev–Trinajstić information content (AvgIpc) is 2.68. The van der Waals surface area contributed by atoms with E-state index in [1.54, 1.807) is 6.07 Å². The molecule has 1 heterocycles. The number of nitriles is 1. The Morgan fingerprint density at radius 2 is 2.20 bits per heavy atom. The molecule has 1 aliphatic rings. The molecule has 0 spiro atoms. The fraction of sp³-hybridized carbons (Fsp3) is 0.333. The molecular weight excluding hydrogens is 285 g/mol. The topological polar surface area (TPSA) is 104 Å². The van der Waals surface area contributed by atoms with Crippen LogP contribution in [0, 0.1) is 23.1 Å². The number of anilines is 1. The van der Waals surface area contributed by atoms with E-state index in [2.05, 4.69) is 0 Å². The van der Waals surface area contributed by atoms with Crippen LogP contribution in [-0.4, -0.2) is 26.6 Å². The van der Waals surface area contributed by atoms with Gasteiger partial charge < -0.3 is 4.90 Å². The Balaban J connectivity index is 2.27. The lowest BCUT2D eigenvalue weighted by molar-refractivity contribution is -0.117. The van der Waals surface area contributed by atoms with Gasteiger partial charge in [0.05, 0.1) is 17.0 Å². The molecule has 8 heteroatoms. The molecule has 1 aromatic rings. The summed E-state index contributed by atoms with van der Waals surface area (Å²) in [5.41, 5.74) is -0.170. The summed E-state index contributed by atoms with van der Waals surface area (Å²) in [5, 5.41) is 13.7. The van der Waals surface area contributed by atoms with Crippen LogP contribution in [0.25, 0.3) is 0 Å². The van der Waals surface area contributed by atoms with Crippen molar-refractivity contribution < 1.29 is 17.6 Å². The van der Waals surface area contributed by atoms with Crippen LogP contribution in [-0.2, 0) is 14.8 Å². The number of amides is 1. The van der Waals surface area contributed by atoms with Crippen LogP contribution in [0.3, 0.4) is 0 Å². The maximum absolute atomic E-state index is 14.0. The lowest BCUT2D eigenvalue weighted by atomic mass is 10.1. The van der Waals surface area contributed by atoms with Gasteiger partial charge >= 0.3 is 0 Å². The van der Waals surface area contributed by atoms with Gasteiger partial charge in [-0.3, -0.25) is 4.79 Å². The molecule has 1 aromatic carbocycles. The number of carbonyl (C=O) groups is 1. The van der Waals surface area contributed by atoms with Gasteiger partial charge in [0, 0.05) is 18.9 Å². The van der Waals surface area contributed by atoms with E-state index >= 15 is 0 Å². The first-order valence-corrected chi connectivity index (χ1v) is 7.53. The number of primary sulfonamides is 1. The van der Waals surface area contributed by atoms with E-state index in [0.717, 1.165) is 4.90 Å². The minimum Gasteiger partial charge on any atom is -0.309 e. The first-order chi connectivity index (χ1) is 9.31. The maximum Gasteiger partial charge on any atom is 0.227 e. The Kier molecular flexibility index (Phi) is 3.74. The van der Waals surface area contributed by atoms with Crippen molar-refractivity contribution in [2.45, 2.75) is 6.42 Å². The zero-order chi connectivity index (χ0) is 14.9. The van der Waals surface area contributed by atoms with Gasteiger partial charge in [0.2, 0.25) is 15.9 Å². The third-order valence-electron chi connectivity index (χ3n) is 3.06. The number of hydrogen-bond acceptors (Lipinski definition) is 4. The third-order valence-corrected chi connectivity index (χ3v) is 4.00. The molecule has 1 amide bonds. The van der Waals surface area contributed by atoms with E-state index in [9.17, 15) is 17.6 Å². The summed E-state index contributed by atoms with van der Waals surface area (Å²) < 4.78 is 36.1. The van der Waals surface area contributed by atoms with E-state index in [-0.39, 0.29) is 35.9 Å². The zero-order valence-corrected chi connectivity index (χ0v) is 11.2. The second kappa shape index (κ2) is 5.19. The number of benzene rings is 1. The van der Waals surface area contributed by atoms with Crippen molar-refractivity contribution in [3.05, 3.63) is 29.6 Å². The molecule has 1 saturated heterocycles. The molecule has 0 radical (unpaired) electrons. The SMILES string of the molecule is N#Cc1cccc(N2CC(CS(N)(=O)=O)CC2=O)c1F. The number of hydrogen-bond donors (Lipinski definition) is 1. The fourth-order valence-electron chi connectivity index (χ4n) is 2.27. The summed E-state index contributed by atoms with van der Waals surface area (Å²) >= 11 is 0. The van der Waals surface area contributed by atoms with Gasteiger partial charge in [0.1, 0.15) is 6.07 Å². The van der Waals surface area contributed by atoms with Crippen LogP contribution < -0.4 is 10.0 Å². The van der Waals surface area contributed by atoms with Crippen LogP contribution in [0.5, 0.6) is 0 Å². The third kappa shape index (κ3) is 2.95. The first kappa shape index (κ1) is 14.4. The second-order valence-corrected chi connectivity index (χ2v) is 6.31. The summed E-state index contributed by atoms with van der Waals surface area (Å²) in [7, 11) is -3.68. The molecule has 0 bridgehead atoms. The van der Waals surface area contributed by atoms with Crippen molar-refractivity contribution in [1.82, 2.24) is 0 Å². The predicted molar refractivity (Wildman–Crippen MR) is 69.5 cm³/mol. The number of sulfonamides is 1. The number of rotatable bonds is 3. The molecular formula is C12H12FN3O3S. The molecule has 1 unspecified atom stereocenters. The van der Waals surface area contributed by atoms with Crippen molar-refractivity contribution in [2.24, 2.45) is 11.1 Å². The number of halogens is 1. The highest BCUT2D eigenvalue weighted by Gasteiger charge is 2.34. The number of nitrogens with zero attached hydrogens (tertiary/aromatic N) is 2. The van der Waals surface area contributed by atoms with E-state index < -0.39 is 21.8 Å². The molecule has 1 fully saturated rings. The Labute approximate surface area is 115 Å². The zero-order valence-electron chi connectivity index (χ0n) is 10.4. The van der Waals surface area contributed by atoms with E-state index in [1.165, 1.54) is 18.2 Å². The van der Waals surface area contributed by atoms with Gasteiger partial charge in [-0.05, 0) is 12.1 Å². The molecule has 2 rings (SSSR count). The Hall–Kier alpha value is -1.98. The smallest absolute Gasteiger partial charge is 0.227 e. The van der Waals surface area contributed by atoms with E-state index in [1.807, 2.05) is 0 Å². The first-order valence-electron chi connectivity index (χ1n) is 5.81.